The zero-order valence-corrected chi connectivity index (χ0v) is 11.4. The minimum atomic E-state index is -0.347. The molecule has 3 rings (SSSR count). The standard InChI is InChI=1S/C14H15N5O2/c1-19-12-10(7-15-19)13(21)18-14(17-12)16-11(8-20)9-5-3-2-4-6-9/h2-7,11,20H,8H2,1H3,(H2,16,17,18,21). The summed E-state index contributed by atoms with van der Waals surface area (Å²) < 4.78 is 1.53. The average molecular weight is 285 g/mol. The van der Waals surface area contributed by atoms with Crippen molar-refractivity contribution >= 4 is 17.0 Å². The molecule has 7 nitrogen and oxygen atoms in total. The number of benzene rings is 1. The summed E-state index contributed by atoms with van der Waals surface area (Å²) >= 11 is 0. The van der Waals surface area contributed by atoms with Crippen molar-refractivity contribution in [1.82, 2.24) is 19.7 Å². The molecule has 0 amide bonds. The first-order valence-corrected chi connectivity index (χ1v) is 6.53. The molecule has 1 atom stereocenters. The predicted molar refractivity (Wildman–Crippen MR) is 79.0 cm³/mol. The second kappa shape index (κ2) is 5.37. The Bertz CT molecular complexity index is 809. The van der Waals surface area contributed by atoms with E-state index in [0.29, 0.717) is 17.0 Å². The molecule has 0 saturated carbocycles. The molecule has 0 fully saturated rings. The number of aliphatic hydroxyl groups is 1. The van der Waals surface area contributed by atoms with Gasteiger partial charge >= 0.3 is 0 Å². The summed E-state index contributed by atoms with van der Waals surface area (Å²) in [6.07, 6.45) is 1.48. The monoisotopic (exact) mass is 285 g/mol. The van der Waals surface area contributed by atoms with Crippen LogP contribution in [-0.2, 0) is 7.05 Å². The van der Waals surface area contributed by atoms with Crippen LogP contribution in [-0.4, -0.2) is 31.5 Å². The van der Waals surface area contributed by atoms with Gasteiger partial charge in [0.25, 0.3) is 5.56 Å². The molecule has 0 aliphatic rings. The van der Waals surface area contributed by atoms with Gasteiger partial charge in [-0.15, -0.1) is 0 Å². The lowest BCUT2D eigenvalue weighted by atomic mass is 10.1. The second-order valence-corrected chi connectivity index (χ2v) is 4.71. The number of nitrogens with zero attached hydrogens (tertiary/aromatic N) is 3. The molecule has 3 N–H and O–H groups in total. The van der Waals surface area contributed by atoms with Crippen LogP contribution in [0.25, 0.3) is 11.0 Å². The molecule has 1 unspecified atom stereocenters. The summed E-state index contributed by atoms with van der Waals surface area (Å²) in [7, 11) is 1.72. The Kier molecular flexibility index (Phi) is 3.41. The highest BCUT2D eigenvalue weighted by Gasteiger charge is 2.13. The van der Waals surface area contributed by atoms with E-state index in [1.165, 1.54) is 10.9 Å². The van der Waals surface area contributed by atoms with E-state index in [0.717, 1.165) is 5.56 Å². The van der Waals surface area contributed by atoms with Crippen LogP contribution >= 0.6 is 0 Å². The smallest absolute Gasteiger partial charge is 0.263 e. The van der Waals surface area contributed by atoms with Gasteiger partial charge in [0.05, 0.1) is 18.8 Å². The molecule has 0 saturated heterocycles. The van der Waals surface area contributed by atoms with Gasteiger partial charge < -0.3 is 10.4 Å². The van der Waals surface area contributed by atoms with Crippen molar-refractivity contribution in [3.05, 3.63) is 52.4 Å². The van der Waals surface area contributed by atoms with Crippen LogP contribution in [0.2, 0.25) is 0 Å². The quantitative estimate of drug-likeness (QED) is 0.659. The molecule has 2 heterocycles. The fourth-order valence-electron chi connectivity index (χ4n) is 2.19. The molecule has 2 aromatic heterocycles. The van der Waals surface area contributed by atoms with Crippen LogP contribution in [0.5, 0.6) is 0 Å². The van der Waals surface area contributed by atoms with Crippen LogP contribution in [0.3, 0.4) is 0 Å². The first kappa shape index (κ1) is 13.3. The summed E-state index contributed by atoms with van der Waals surface area (Å²) in [5, 5.41) is 17.0. The zero-order valence-electron chi connectivity index (χ0n) is 11.4. The average Bonchev–Trinajstić information content (AvgIpc) is 2.88. The first-order chi connectivity index (χ1) is 10.2. The molecule has 108 valence electrons. The zero-order chi connectivity index (χ0) is 14.8. The molecule has 1 aromatic carbocycles. The molecule has 0 spiro atoms. The predicted octanol–water partition coefficient (Wildman–Crippen LogP) is 0.802. The molecule has 21 heavy (non-hydrogen) atoms. The minimum Gasteiger partial charge on any atom is -0.394 e. The third-order valence-corrected chi connectivity index (χ3v) is 3.30. The fraction of sp³-hybridized carbons (Fsp3) is 0.214. The van der Waals surface area contributed by atoms with Gasteiger partial charge in [0.2, 0.25) is 5.95 Å². The summed E-state index contributed by atoms with van der Waals surface area (Å²) in [6, 6.07) is 9.13. The highest BCUT2D eigenvalue weighted by Crippen LogP contribution is 2.17. The van der Waals surface area contributed by atoms with Crippen molar-refractivity contribution in [3.63, 3.8) is 0 Å². The van der Waals surface area contributed by atoms with E-state index in [1.54, 1.807) is 7.05 Å². The van der Waals surface area contributed by atoms with Crippen molar-refractivity contribution in [1.29, 1.82) is 0 Å². The number of H-pyrrole nitrogens is 1. The van der Waals surface area contributed by atoms with Crippen molar-refractivity contribution in [2.24, 2.45) is 7.05 Å². The maximum atomic E-state index is 12.0. The van der Waals surface area contributed by atoms with Crippen LogP contribution in [0.15, 0.2) is 41.3 Å². The van der Waals surface area contributed by atoms with Gasteiger partial charge in [-0.3, -0.25) is 14.5 Å². The number of aliphatic hydroxyl groups excluding tert-OH is 1. The van der Waals surface area contributed by atoms with Crippen LogP contribution < -0.4 is 10.9 Å². The molecular formula is C14H15N5O2. The van der Waals surface area contributed by atoms with E-state index in [-0.39, 0.29) is 18.2 Å². The number of aromatic amines is 1. The Hall–Kier alpha value is -2.67. The van der Waals surface area contributed by atoms with E-state index in [4.69, 9.17) is 0 Å². The number of hydrogen-bond donors (Lipinski definition) is 3. The summed E-state index contributed by atoms with van der Waals surface area (Å²) in [6.45, 7) is -0.114. The van der Waals surface area contributed by atoms with Gasteiger partial charge in [-0.05, 0) is 5.56 Å². The topological polar surface area (TPSA) is 95.8 Å². The van der Waals surface area contributed by atoms with Gasteiger partial charge in [-0.2, -0.15) is 10.1 Å². The second-order valence-electron chi connectivity index (χ2n) is 4.71. The number of aromatic nitrogens is 4. The Morgan fingerprint density at radius 3 is 2.86 bits per heavy atom. The van der Waals surface area contributed by atoms with Crippen LogP contribution in [0, 0.1) is 0 Å². The van der Waals surface area contributed by atoms with Gasteiger partial charge in [0.1, 0.15) is 5.39 Å². The van der Waals surface area contributed by atoms with Gasteiger partial charge in [-0.1, -0.05) is 30.3 Å². The van der Waals surface area contributed by atoms with Gasteiger partial charge in [0, 0.05) is 7.05 Å². The number of aryl methyl sites for hydroxylation is 1. The number of nitrogens with one attached hydrogen (secondary N) is 2. The third-order valence-electron chi connectivity index (χ3n) is 3.30. The normalized spacial score (nSPS) is 12.5. The highest BCUT2D eigenvalue weighted by atomic mass is 16.3. The molecule has 7 heteroatoms. The lowest BCUT2D eigenvalue weighted by Crippen LogP contribution is -2.19. The lowest BCUT2D eigenvalue weighted by Gasteiger charge is -2.16. The summed E-state index contributed by atoms with van der Waals surface area (Å²) in [5.41, 5.74) is 1.14. The van der Waals surface area contributed by atoms with E-state index in [9.17, 15) is 9.90 Å². The SMILES string of the molecule is Cn1ncc2c(=O)[nH]c(NC(CO)c3ccccc3)nc21. The lowest BCUT2D eigenvalue weighted by molar-refractivity contribution is 0.276. The van der Waals surface area contributed by atoms with Gasteiger partial charge in [0.15, 0.2) is 5.65 Å². The van der Waals surface area contributed by atoms with E-state index >= 15 is 0 Å². The van der Waals surface area contributed by atoms with Crippen LogP contribution in [0.1, 0.15) is 11.6 Å². The summed E-state index contributed by atoms with van der Waals surface area (Å²) in [4.78, 5) is 19.0. The van der Waals surface area contributed by atoms with E-state index in [1.807, 2.05) is 30.3 Å². The number of fused-ring (bicyclic) bond motifs is 1. The largest absolute Gasteiger partial charge is 0.394 e. The Labute approximate surface area is 120 Å². The van der Waals surface area contributed by atoms with E-state index in [2.05, 4.69) is 20.4 Å². The van der Waals surface area contributed by atoms with Crippen molar-refractivity contribution < 1.29 is 5.11 Å². The first-order valence-electron chi connectivity index (χ1n) is 6.53. The Morgan fingerprint density at radius 2 is 2.14 bits per heavy atom. The number of anilines is 1. The molecule has 0 aliphatic carbocycles. The minimum absolute atomic E-state index is 0.114. The van der Waals surface area contributed by atoms with Crippen molar-refractivity contribution in [2.45, 2.75) is 6.04 Å². The number of hydrogen-bond acceptors (Lipinski definition) is 5. The molecular weight excluding hydrogens is 270 g/mol. The molecule has 3 aromatic rings. The maximum Gasteiger partial charge on any atom is 0.263 e. The summed E-state index contributed by atoms with van der Waals surface area (Å²) in [5.74, 6) is 0.305. The third kappa shape index (κ3) is 2.50. The fourth-order valence-corrected chi connectivity index (χ4v) is 2.19. The molecule has 0 bridgehead atoms. The highest BCUT2D eigenvalue weighted by molar-refractivity contribution is 5.74. The number of rotatable bonds is 4. The van der Waals surface area contributed by atoms with Crippen LogP contribution in [0.4, 0.5) is 5.95 Å². The molecule has 0 aliphatic heterocycles. The maximum absolute atomic E-state index is 12.0. The molecule has 0 radical (unpaired) electrons. The Morgan fingerprint density at radius 1 is 1.38 bits per heavy atom. The van der Waals surface area contributed by atoms with Crippen molar-refractivity contribution in [3.8, 4) is 0 Å². The Balaban J connectivity index is 1.97. The van der Waals surface area contributed by atoms with E-state index < -0.39 is 0 Å². The van der Waals surface area contributed by atoms with Crippen molar-refractivity contribution in [2.75, 3.05) is 11.9 Å². The van der Waals surface area contributed by atoms with Gasteiger partial charge in [-0.25, -0.2) is 0 Å².